The quantitative estimate of drug-likeness (QED) is 0.401. The summed E-state index contributed by atoms with van der Waals surface area (Å²) in [5.41, 5.74) is 3.53. The van der Waals surface area contributed by atoms with Crippen molar-refractivity contribution in [2.24, 2.45) is 0 Å². The van der Waals surface area contributed by atoms with Crippen LogP contribution in [0.1, 0.15) is 34.6 Å². The number of hydrogen-bond donors (Lipinski definition) is 0. The molecule has 9 heteroatoms. The lowest BCUT2D eigenvalue weighted by atomic mass is 10.2. The molecule has 4 heterocycles. The van der Waals surface area contributed by atoms with E-state index in [2.05, 4.69) is 14.8 Å². The number of fused-ring (bicyclic) bond motifs is 1. The van der Waals surface area contributed by atoms with Gasteiger partial charge in [-0.15, -0.1) is 10.2 Å². The average molecular weight is 442 g/mol. The number of aromatic nitrogens is 3. The van der Waals surface area contributed by atoms with Gasteiger partial charge in [-0.05, 0) is 51.0 Å². The number of ketones is 1. The van der Waals surface area contributed by atoms with Gasteiger partial charge in [-0.2, -0.15) is 0 Å². The van der Waals surface area contributed by atoms with Crippen LogP contribution in [-0.2, 0) is 11.3 Å². The number of carbonyl (C=O) groups excluding carboxylic acids is 1. The summed E-state index contributed by atoms with van der Waals surface area (Å²) in [6.45, 7) is 5.84. The largest absolute Gasteiger partial charge is 0.454 e. The van der Waals surface area contributed by atoms with Gasteiger partial charge in [0.2, 0.25) is 12.7 Å². The first kappa shape index (κ1) is 20.1. The Labute approximate surface area is 183 Å². The van der Waals surface area contributed by atoms with E-state index in [0.717, 1.165) is 48.5 Å². The van der Waals surface area contributed by atoms with E-state index < -0.39 is 0 Å². The molecule has 0 bridgehead atoms. The molecule has 3 aromatic rings. The molecule has 1 unspecified atom stereocenters. The number of benzene rings is 1. The Hall–Kier alpha value is -2.78. The van der Waals surface area contributed by atoms with Crippen LogP contribution >= 0.6 is 11.8 Å². The van der Waals surface area contributed by atoms with E-state index in [1.807, 2.05) is 32.0 Å². The number of aryl methyl sites for hydroxylation is 1. The summed E-state index contributed by atoms with van der Waals surface area (Å²) in [6, 6.07) is 7.41. The molecule has 0 spiro atoms. The van der Waals surface area contributed by atoms with E-state index in [0.29, 0.717) is 22.6 Å². The third-order valence-electron chi connectivity index (χ3n) is 5.64. The Bertz CT molecular complexity index is 1120. The Morgan fingerprint density at radius 2 is 2.06 bits per heavy atom. The third-order valence-corrected chi connectivity index (χ3v) is 6.46. The standard InChI is InChI=1S/C22H23N3O5S/c1-13-8-17(14(2)25(13)10-16-4-3-7-27-16)18(26)11-31-22-24-23-21(30-22)15-5-6-19-20(9-15)29-12-28-19/h5-6,8-9,16H,3-4,7,10-12H2,1-2H3. The first-order valence-corrected chi connectivity index (χ1v) is 11.2. The van der Waals surface area contributed by atoms with Crippen LogP contribution in [0.15, 0.2) is 33.9 Å². The van der Waals surface area contributed by atoms with Gasteiger partial charge in [-0.3, -0.25) is 4.79 Å². The molecule has 0 amide bonds. The maximum atomic E-state index is 12.9. The maximum Gasteiger partial charge on any atom is 0.277 e. The van der Waals surface area contributed by atoms with Crippen molar-refractivity contribution in [1.82, 2.24) is 14.8 Å². The Kier molecular flexibility index (Phi) is 5.45. The third kappa shape index (κ3) is 4.07. The predicted octanol–water partition coefficient (Wildman–Crippen LogP) is 4.04. The van der Waals surface area contributed by atoms with Crippen LogP contribution in [0.2, 0.25) is 0 Å². The van der Waals surface area contributed by atoms with Gasteiger partial charge in [0.25, 0.3) is 5.22 Å². The van der Waals surface area contributed by atoms with E-state index in [1.165, 1.54) is 11.8 Å². The molecule has 1 fully saturated rings. The number of Topliss-reactive ketones (excluding diaryl/α,β-unsaturated/α-hetero) is 1. The zero-order valence-corrected chi connectivity index (χ0v) is 18.2. The molecular formula is C22H23N3O5S. The van der Waals surface area contributed by atoms with Crippen molar-refractivity contribution >= 4 is 17.5 Å². The second kappa shape index (κ2) is 8.39. The van der Waals surface area contributed by atoms with Crippen molar-refractivity contribution in [2.45, 2.75) is 44.6 Å². The van der Waals surface area contributed by atoms with Crippen LogP contribution in [0.4, 0.5) is 0 Å². The van der Waals surface area contributed by atoms with Crippen molar-refractivity contribution in [2.75, 3.05) is 19.2 Å². The van der Waals surface area contributed by atoms with Gasteiger partial charge in [0.1, 0.15) is 0 Å². The minimum absolute atomic E-state index is 0.0412. The molecule has 31 heavy (non-hydrogen) atoms. The summed E-state index contributed by atoms with van der Waals surface area (Å²) in [6.07, 6.45) is 2.40. The number of hydrogen-bond acceptors (Lipinski definition) is 8. The lowest BCUT2D eigenvalue weighted by Gasteiger charge is -2.14. The Balaban J connectivity index is 1.24. The minimum atomic E-state index is 0.0412. The van der Waals surface area contributed by atoms with Gasteiger partial charge in [-0.25, -0.2) is 0 Å². The van der Waals surface area contributed by atoms with E-state index in [1.54, 1.807) is 6.07 Å². The van der Waals surface area contributed by atoms with Crippen molar-refractivity contribution in [3.8, 4) is 23.0 Å². The molecule has 0 N–H and O–H groups in total. The lowest BCUT2D eigenvalue weighted by molar-refractivity contribution is 0.0957. The highest BCUT2D eigenvalue weighted by atomic mass is 32.2. The lowest BCUT2D eigenvalue weighted by Crippen LogP contribution is -2.17. The van der Waals surface area contributed by atoms with Crippen molar-refractivity contribution in [3.05, 3.63) is 41.2 Å². The number of ether oxygens (including phenoxy) is 3. The van der Waals surface area contributed by atoms with Gasteiger partial charge in [0.15, 0.2) is 17.3 Å². The fraction of sp³-hybridized carbons (Fsp3) is 0.409. The number of carbonyl (C=O) groups is 1. The monoisotopic (exact) mass is 441 g/mol. The zero-order chi connectivity index (χ0) is 21.4. The number of rotatable bonds is 7. The maximum absolute atomic E-state index is 12.9. The molecule has 0 aliphatic carbocycles. The fourth-order valence-corrected chi connectivity index (χ4v) is 4.62. The van der Waals surface area contributed by atoms with Crippen LogP contribution < -0.4 is 9.47 Å². The van der Waals surface area contributed by atoms with Crippen molar-refractivity contribution < 1.29 is 23.4 Å². The summed E-state index contributed by atoms with van der Waals surface area (Å²) < 4.78 is 24.4. The Morgan fingerprint density at radius 1 is 1.19 bits per heavy atom. The molecule has 1 saturated heterocycles. The van der Waals surface area contributed by atoms with Gasteiger partial charge in [0.05, 0.1) is 11.9 Å². The average Bonchev–Trinajstić information content (AvgIpc) is 3.56. The minimum Gasteiger partial charge on any atom is -0.454 e. The zero-order valence-electron chi connectivity index (χ0n) is 17.4. The van der Waals surface area contributed by atoms with Gasteiger partial charge in [-0.1, -0.05) is 11.8 Å². The normalized spacial score (nSPS) is 17.4. The van der Waals surface area contributed by atoms with Crippen molar-refractivity contribution in [3.63, 3.8) is 0 Å². The van der Waals surface area contributed by atoms with Crippen LogP contribution in [0, 0.1) is 13.8 Å². The first-order chi connectivity index (χ1) is 15.1. The van der Waals surface area contributed by atoms with Crippen LogP contribution in [0.5, 0.6) is 11.5 Å². The summed E-state index contributed by atoms with van der Waals surface area (Å²) in [7, 11) is 0. The molecule has 2 aliphatic rings. The Morgan fingerprint density at radius 3 is 2.90 bits per heavy atom. The number of thioether (sulfide) groups is 1. The van der Waals surface area contributed by atoms with Gasteiger partial charge in [0, 0.05) is 35.7 Å². The predicted molar refractivity (Wildman–Crippen MR) is 114 cm³/mol. The second-order valence-corrected chi connectivity index (χ2v) is 8.61. The summed E-state index contributed by atoms with van der Waals surface area (Å²) in [5.74, 6) is 1.99. The van der Waals surface area contributed by atoms with E-state index in [9.17, 15) is 4.79 Å². The molecule has 2 aromatic heterocycles. The molecule has 0 saturated carbocycles. The molecular weight excluding hydrogens is 418 g/mol. The van der Waals surface area contributed by atoms with E-state index in [-0.39, 0.29) is 24.4 Å². The van der Waals surface area contributed by atoms with Crippen LogP contribution in [0.25, 0.3) is 11.5 Å². The molecule has 162 valence electrons. The van der Waals surface area contributed by atoms with Gasteiger partial charge >= 0.3 is 0 Å². The number of nitrogens with zero attached hydrogens (tertiary/aromatic N) is 3. The highest BCUT2D eigenvalue weighted by Crippen LogP contribution is 2.36. The highest BCUT2D eigenvalue weighted by Gasteiger charge is 2.22. The van der Waals surface area contributed by atoms with Gasteiger partial charge < -0.3 is 23.2 Å². The van der Waals surface area contributed by atoms with Crippen LogP contribution in [-0.4, -0.2) is 45.8 Å². The van der Waals surface area contributed by atoms with Crippen molar-refractivity contribution in [1.29, 1.82) is 0 Å². The summed E-state index contributed by atoms with van der Waals surface area (Å²) in [5, 5.41) is 8.51. The molecule has 5 rings (SSSR count). The fourth-order valence-electron chi connectivity index (χ4n) is 3.98. The van der Waals surface area contributed by atoms with Crippen LogP contribution in [0.3, 0.4) is 0 Å². The molecule has 1 atom stereocenters. The first-order valence-electron chi connectivity index (χ1n) is 10.3. The summed E-state index contributed by atoms with van der Waals surface area (Å²) >= 11 is 1.24. The highest BCUT2D eigenvalue weighted by molar-refractivity contribution is 7.99. The summed E-state index contributed by atoms with van der Waals surface area (Å²) in [4.78, 5) is 12.9. The molecule has 1 aromatic carbocycles. The second-order valence-electron chi connectivity index (χ2n) is 7.68. The topological polar surface area (TPSA) is 88.6 Å². The smallest absolute Gasteiger partial charge is 0.277 e. The van der Waals surface area contributed by atoms with E-state index >= 15 is 0 Å². The molecule has 8 nitrogen and oxygen atoms in total. The SMILES string of the molecule is Cc1cc(C(=O)CSc2nnc(-c3ccc4c(c3)OCO4)o2)c(C)n1CC1CCCO1. The van der Waals surface area contributed by atoms with E-state index in [4.69, 9.17) is 18.6 Å². The molecule has 2 aliphatic heterocycles. The molecule has 0 radical (unpaired) electrons.